The minimum Gasteiger partial charge on any atom is -0.357 e. The fraction of sp³-hybridized carbons (Fsp3) is 0.632. The molecule has 28 heavy (non-hydrogen) atoms. The van der Waals surface area contributed by atoms with Crippen molar-refractivity contribution in [2.45, 2.75) is 33.2 Å². The average Bonchev–Trinajstić information content (AvgIpc) is 3.15. The van der Waals surface area contributed by atoms with Crippen LogP contribution in [0.15, 0.2) is 16.4 Å². The summed E-state index contributed by atoms with van der Waals surface area (Å²) in [6, 6.07) is 2.13. The van der Waals surface area contributed by atoms with Gasteiger partial charge in [-0.25, -0.2) is 0 Å². The second kappa shape index (κ2) is 11.0. The maximum atomic E-state index is 12.5. The third kappa shape index (κ3) is 5.82. The van der Waals surface area contributed by atoms with Crippen LogP contribution in [0.4, 0.5) is 0 Å². The largest absolute Gasteiger partial charge is 0.357 e. The molecule has 2 amide bonds. The van der Waals surface area contributed by atoms with E-state index >= 15 is 0 Å². The highest BCUT2D eigenvalue weighted by molar-refractivity contribution is 14.0. The van der Waals surface area contributed by atoms with Gasteiger partial charge in [0.1, 0.15) is 0 Å². The van der Waals surface area contributed by atoms with Gasteiger partial charge >= 0.3 is 0 Å². The van der Waals surface area contributed by atoms with Gasteiger partial charge < -0.3 is 20.0 Å². The number of hydrogen-bond donors (Lipinski definition) is 1. The summed E-state index contributed by atoms with van der Waals surface area (Å²) in [5, 5.41) is 5.42. The van der Waals surface area contributed by atoms with Gasteiger partial charge in [0.15, 0.2) is 5.96 Å². The van der Waals surface area contributed by atoms with Crippen molar-refractivity contribution < 1.29 is 9.59 Å². The fourth-order valence-corrected chi connectivity index (χ4v) is 4.43. The van der Waals surface area contributed by atoms with E-state index in [2.05, 4.69) is 26.7 Å². The Bertz CT molecular complexity index is 700. The summed E-state index contributed by atoms with van der Waals surface area (Å²) in [6.07, 6.45) is 1.40. The minimum absolute atomic E-state index is 0. The van der Waals surface area contributed by atoms with Gasteiger partial charge in [0.05, 0.1) is 6.54 Å². The van der Waals surface area contributed by atoms with E-state index in [4.69, 9.17) is 0 Å². The topological polar surface area (TPSA) is 68.2 Å². The molecule has 3 rings (SSSR count). The number of hydrogen-bond acceptors (Lipinski definition) is 4. The molecule has 0 atom stereocenters. The Hall–Kier alpha value is -1.36. The minimum atomic E-state index is 0. The number of amides is 2. The molecule has 7 nitrogen and oxygen atoms in total. The van der Waals surface area contributed by atoms with Crippen molar-refractivity contribution in [1.82, 2.24) is 20.0 Å². The van der Waals surface area contributed by atoms with E-state index in [1.165, 1.54) is 10.4 Å². The van der Waals surface area contributed by atoms with Crippen LogP contribution in [0.25, 0.3) is 0 Å². The Morgan fingerprint density at radius 2 is 1.86 bits per heavy atom. The second-order valence-electron chi connectivity index (χ2n) is 6.91. The highest BCUT2D eigenvalue weighted by atomic mass is 127. The Kier molecular flexibility index (Phi) is 9.00. The maximum absolute atomic E-state index is 12.5. The quantitative estimate of drug-likeness (QED) is 0.374. The van der Waals surface area contributed by atoms with Gasteiger partial charge in [0.25, 0.3) is 0 Å². The molecule has 0 aliphatic carbocycles. The van der Waals surface area contributed by atoms with Crippen LogP contribution in [0.2, 0.25) is 0 Å². The van der Waals surface area contributed by atoms with Gasteiger partial charge in [0.2, 0.25) is 11.8 Å². The highest BCUT2D eigenvalue weighted by Gasteiger charge is 2.22. The van der Waals surface area contributed by atoms with Gasteiger partial charge in [0, 0.05) is 64.0 Å². The lowest BCUT2D eigenvalue weighted by molar-refractivity contribution is -0.132. The number of nitrogens with zero attached hydrogens (tertiary/aromatic N) is 4. The number of aliphatic imine (C=N–C) groups is 1. The van der Waals surface area contributed by atoms with Crippen molar-refractivity contribution >= 4 is 53.1 Å². The second-order valence-corrected chi connectivity index (χ2v) is 7.91. The Morgan fingerprint density at radius 3 is 2.54 bits per heavy atom. The van der Waals surface area contributed by atoms with Crippen molar-refractivity contribution in [2.24, 2.45) is 4.99 Å². The molecule has 156 valence electrons. The lowest BCUT2D eigenvalue weighted by Crippen LogP contribution is -2.53. The number of guanidine groups is 1. The number of rotatable bonds is 4. The summed E-state index contributed by atoms with van der Waals surface area (Å²) in [4.78, 5) is 36.1. The smallest absolute Gasteiger partial charge is 0.224 e. The molecular formula is C19H30IN5O2S. The van der Waals surface area contributed by atoms with Crippen LogP contribution in [0.1, 0.15) is 30.7 Å². The number of nitrogens with one attached hydrogen (secondary N) is 1. The zero-order valence-electron chi connectivity index (χ0n) is 16.6. The molecule has 2 aliphatic rings. The molecule has 1 aromatic rings. The number of halogens is 1. The van der Waals surface area contributed by atoms with Gasteiger partial charge in [-0.15, -0.1) is 35.3 Å². The molecule has 0 bridgehead atoms. The van der Waals surface area contributed by atoms with Crippen molar-refractivity contribution in [2.75, 3.05) is 45.8 Å². The van der Waals surface area contributed by atoms with Gasteiger partial charge in [-0.3, -0.25) is 14.6 Å². The van der Waals surface area contributed by atoms with Crippen LogP contribution in [-0.2, 0) is 22.6 Å². The van der Waals surface area contributed by atoms with E-state index in [-0.39, 0.29) is 35.8 Å². The molecule has 0 radical (unpaired) electrons. The molecular weight excluding hydrogens is 489 g/mol. The van der Waals surface area contributed by atoms with Crippen molar-refractivity contribution in [3.63, 3.8) is 0 Å². The standard InChI is InChI=1S/C19H29N5O2S.HI/c1-3-20-19(23-11-9-22(10-12-23)15(2)25)21-7-4-18(26)24-8-5-17-16(14-24)6-13-27-17;/h6,13H,3-5,7-12,14H2,1-2H3,(H,20,21);1H. The molecule has 1 N–H and O–H groups in total. The Balaban J connectivity index is 0.00000280. The lowest BCUT2D eigenvalue weighted by atomic mass is 10.1. The van der Waals surface area contributed by atoms with Crippen LogP contribution in [0.3, 0.4) is 0 Å². The van der Waals surface area contributed by atoms with Gasteiger partial charge in [-0.05, 0) is 30.4 Å². The highest BCUT2D eigenvalue weighted by Crippen LogP contribution is 2.24. The molecule has 9 heteroatoms. The predicted octanol–water partition coefficient (Wildman–Crippen LogP) is 1.77. The first-order valence-electron chi connectivity index (χ1n) is 9.70. The maximum Gasteiger partial charge on any atom is 0.224 e. The number of carbonyl (C=O) groups excluding carboxylic acids is 2. The van der Waals surface area contributed by atoms with Gasteiger partial charge in [-0.2, -0.15) is 0 Å². The molecule has 0 saturated carbocycles. The van der Waals surface area contributed by atoms with Crippen LogP contribution >= 0.6 is 35.3 Å². The molecule has 1 aromatic heterocycles. The fourth-order valence-electron chi connectivity index (χ4n) is 3.54. The number of piperazine rings is 1. The summed E-state index contributed by atoms with van der Waals surface area (Å²) in [6.45, 7) is 9.44. The first-order valence-corrected chi connectivity index (χ1v) is 10.6. The molecule has 2 aliphatic heterocycles. The van der Waals surface area contributed by atoms with Crippen molar-refractivity contribution in [3.05, 3.63) is 21.9 Å². The van der Waals surface area contributed by atoms with E-state index in [9.17, 15) is 9.59 Å². The zero-order chi connectivity index (χ0) is 19.2. The Labute approximate surface area is 188 Å². The zero-order valence-corrected chi connectivity index (χ0v) is 19.8. The SMILES string of the molecule is CCNC(=NCCC(=O)N1CCc2sccc2C1)N1CCN(C(C)=O)CC1.I. The lowest BCUT2D eigenvalue weighted by Gasteiger charge is -2.36. The van der Waals surface area contributed by atoms with Crippen LogP contribution in [-0.4, -0.2) is 78.3 Å². The molecule has 0 unspecified atom stereocenters. The first kappa shape index (κ1) is 22.9. The molecule has 0 aromatic carbocycles. The van der Waals surface area contributed by atoms with Gasteiger partial charge in [-0.1, -0.05) is 0 Å². The molecule has 3 heterocycles. The predicted molar refractivity (Wildman–Crippen MR) is 123 cm³/mol. The van der Waals surface area contributed by atoms with Crippen LogP contribution < -0.4 is 5.32 Å². The van der Waals surface area contributed by atoms with Crippen molar-refractivity contribution in [1.29, 1.82) is 0 Å². The molecule has 1 saturated heterocycles. The van der Waals surface area contributed by atoms with E-state index in [1.54, 1.807) is 18.3 Å². The first-order chi connectivity index (χ1) is 13.1. The summed E-state index contributed by atoms with van der Waals surface area (Å²) in [5.74, 6) is 1.14. The average molecular weight is 519 g/mol. The third-order valence-electron chi connectivity index (χ3n) is 5.11. The summed E-state index contributed by atoms with van der Waals surface area (Å²) in [5.41, 5.74) is 1.29. The van der Waals surface area contributed by atoms with E-state index in [0.717, 1.165) is 58.2 Å². The monoisotopic (exact) mass is 519 g/mol. The summed E-state index contributed by atoms with van der Waals surface area (Å²) < 4.78 is 0. The summed E-state index contributed by atoms with van der Waals surface area (Å²) in [7, 11) is 0. The van der Waals surface area contributed by atoms with E-state index in [1.807, 2.05) is 16.7 Å². The number of carbonyl (C=O) groups is 2. The normalized spacial score (nSPS) is 17.1. The number of thiophene rings is 1. The third-order valence-corrected chi connectivity index (χ3v) is 6.13. The van der Waals surface area contributed by atoms with E-state index < -0.39 is 0 Å². The molecule has 1 fully saturated rings. The number of fused-ring (bicyclic) bond motifs is 1. The Morgan fingerprint density at radius 1 is 1.14 bits per heavy atom. The van der Waals surface area contributed by atoms with E-state index in [0.29, 0.717) is 13.0 Å². The molecule has 0 spiro atoms. The summed E-state index contributed by atoms with van der Waals surface area (Å²) >= 11 is 1.79. The van der Waals surface area contributed by atoms with Crippen LogP contribution in [0, 0.1) is 0 Å². The van der Waals surface area contributed by atoms with Crippen molar-refractivity contribution in [3.8, 4) is 0 Å². The van der Waals surface area contributed by atoms with Crippen LogP contribution in [0.5, 0.6) is 0 Å².